The molecule has 0 radical (unpaired) electrons. The lowest BCUT2D eigenvalue weighted by Gasteiger charge is -2.26. The predicted molar refractivity (Wildman–Crippen MR) is 73.7 cm³/mol. The molecule has 2 rings (SSSR count). The van der Waals surface area contributed by atoms with Crippen molar-refractivity contribution in [3.05, 3.63) is 29.8 Å². The van der Waals surface area contributed by atoms with Crippen LogP contribution < -0.4 is 10.6 Å². The van der Waals surface area contributed by atoms with E-state index < -0.39 is 36.4 Å². The van der Waals surface area contributed by atoms with Crippen LogP contribution in [0.5, 0.6) is 0 Å². The van der Waals surface area contributed by atoms with Crippen molar-refractivity contribution in [3.63, 3.8) is 0 Å². The van der Waals surface area contributed by atoms with E-state index in [4.69, 9.17) is 15.6 Å². The Kier molecular flexibility index (Phi) is 4.23. The van der Waals surface area contributed by atoms with Crippen LogP contribution in [0.4, 0.5) is 5.69 Å². The van der Waals surface area contributed by atoms with Crippen molar-refractivity contribution in [2.75, 3.05) is 12.0 Å². The number of anilines is 1. The van der Waals surface area contributed by atoms with E-state index in [1.807, 2.05) is 0 Å². The van der Waals surface area contributed by atoms with E-state index in [0.29, 0.717) is 12.1 Å². The third-order valence-electron chi connectivity index (χ3n) is 3.40. The van der Waals surface area contributed by atoms with Crippen LogP contribution in [0, 0.1) is 0 Å². The van der Waals surface area contributed by atoms with Crippen LogP contribution in [0.3, 0.4) is 0 Å². The molecule has 1 aliphatic rings. The molecule has 112 valence electrons. The standard InChI is InChI=1S/C14H16N2O5/c1-21-14(20)11-6-8-4-2-3-5-10(8)16(11)13(19)9(15)7-12(17)18/h2-5,9,11H,6-7,15H2,1H3,(H,17,18). The molecule has 1 aliphatic heterocycles. The zero-order chi connectivity index (χ0) is 15.6. The Bertz CT molecular complexity index is 586. The van der Waals surface area contributed by atoms with Gasteiger partial charge in [0.25, 0.3) is 0 Å². The summed E-state index contributed by atoms with van der Waals surface area (Å²) in [4.78, 5) is 36.2. The fourth-order valence-electron chi connectivity index (χ4n) is 2.44. The summed E-state index contributed by atoms with van der Waals surface area (Å²) in [6.45, 7) is 0. The van der Waals surface area contributed by atoms with Gasteiger partial charge in [0.2, 0.25) is 5.91 Å². The molecule has 2 unspecified atom stereocenters. The summed E-state index contributed by atoms with van der Waals surface area (Å²) in [5.41, 5.74) is 7.03. The van der Waals surface area contributed by atoms with Gasteiger partial charge in [-0.15, -0.1) is 0 Å². The molecule has 3 N–H and O–H groups in total. The number of esters is 1. The van der Waals surface area contributed by atoms with Gasteiger partial charge in [-0.1, -0.05) is 18.2 Å². The molecular weight excluding hydrogens is 276 g/mol. The van der Waals surface area contributed by atoms with Crippen molar-refractivity contribution in [2.24, 2.45) is 5.73 Å². The van der Waals surface area contributed by atoms with Crippen LogP contribution >= 0.6 is 0 Å². The molecule has 0 fully saturated rings. The molecule has 0 aromatic heterocycles. The Balaban J connectivity index is 2.34. The molecule has 7 heteroatoms. The minimum Gasteiger partial charge on any atom is -0.481 e. The number of hydrogen-bond acceptors (Lipinski definition) is 5. The highest BCUT2D eigenvalue weighted by Crippen LogP contribution is 2.33. The lowest BCUT2D eigenvalue weighted by atomic mass is 10.1. The van der Waals surface area contributed by atoms with E-state index >= 15 is 0 Å². The van der Waals surface area contributed by atoms with Crippen LogP contribution in [0.2, 0.25) is 0 Å². The van der Waals surface area contributed by atoms with Crippen molar-refractivity contribution in [3.8, 4) is 0 Å². The van der Waals surface area contributed by atoms with Crippen molar-refractivity contribution < 1.29 is 24.2 Å². The molecule has 1 heterocycles. The minimum absolute atomic E-state index is 0.328. The molecular formula is C14H16N2O5. The summed E-state index contributed by atoms with van der Waals surface area (Å²) >= 11 is 0. The summed E-state index contributed by atoms with van der Waals surface area (Å²) in [5.74, 6) is -2.32. The van der Waals surface area contributed by atoms with Gasteiger partial charge < -0.3 is 15.6 Å². The summed E-state index contributed by atoms with van der Waals surface area (Å²) in [6.07, 6.45) is -0.167. The number of carbonyl (C=O) groups is 3. The average molecular weight is 292 g/mol. The maximum absolute atomic E-state index is 12.4. The molecule has 0 bridgehead atoms. The van der Waals surface area contributed by atoms with E-state index in [-0.39, 0.29) is 0 Å². The molecule has 1 amide bonds. The van der Waals surface area contributed by atoms with Gasteiger partial charge in [0, 0.05) is 12.1 Å². The Labute approximate surface area is 121 Å². The van der Waals surface area contributed by atoms with Gasteiger partial charge in [-0.25, -0.2) is 4.79 Å². The highest BCUT2D eigenvalue weighted by Gasteiger charge is 2.40. The highest BCUT2D eigenvalue weighted by atomic mass is 16.5. The molecule has 21 heavy (non-hydrogen) atoms. The van der Waals surface area contributed by atoms with Crippen LogP contribution in [0.25, 0.3) is 0 Å². The summed E-state index contributed by atoms with van der Waals surface area (Å²) in [6, 6.07) is 5.03. The van der Waals surface area contributed by atoms with Gasteiger partial charge in [0.05, 0.1) is 19.6 Å². The number of carboxylic acids is 1. The number of aliphatic carboxylic acids is 1. The zero-order valence-electron chi connectivity index (χ0n) is 11.5. The van der Waals surface area contributed by atoms with Crippen LogP contribution in [0.15, 0.2) is 24.3 Å². The quantitative estimate of drug-likeness (QED) is 0.751. The molecule has 0 spiro atoms. The second-order valence-electron chi connectivity index (χ2n) is 4.78. The van der Waals surface area contributed by atoms with Crippen LogP contribution in [-0.2, 0) is 25.5 Å². The third-order valence-corrected chi connectivity index (χ3v) is 3.40. The van der Waals surface area contributed by atoms with Gasteiger partial charge in [-0.05, 0) is 11.6 Å². The fourth-order valence-corrected chi connectivity index (χ4v) is 2.44. The Hall–Kier alpha value is -2.41. The Morgan fingerprint density at radius 2 is 2.10 bits per heavy atom. The predicted octanol–water partition coefficient (Wildman–Crippen LogP) is -0.0807. The number of carbonyl (C=O) groups excluding carboxylic acids is 2. The number of methoxy groups -OCH3 is 1. The number of rotatable bonds is 4. The van der Waals surface area contributed by atoms with Gasteiger partial charge >= 0.3 is 11.9 Å². The van der Waals surface area contributed by atoms with Gasteiger partial charge in [0.15, 0.2) is 0 Å². The molecule has 2 atom stereocenters. The molecule has 0 saturated carbocycles. The largest absolute Gasteiger partial charge is 0.481 e. The van der Waals surface area contributed by atoms with Crippen molar-refractivity contribution in [1.29, 1.82) is 0 Å². The number of carboxylic acid groups (broad SMARTS) is 1. The topological polar surface area (TPSA) is 110 Å². The highest BCUT2D eigenvalue weighted by molar-refractivity contribution is 6.05. The first-order valence-corrected chi connectivity index (χ1v) is 6.42. The minimum atomic E-state index is -1.21. The maximum atomic E-state index is 12.4. The molecule has 7 nitrogen and oxygen atoms in total. The summed E-state index contributed by atoms with van der Waals surface area (Å²) in [5, 5.41) is 8.75. The summed E-state index contributed by atoms with van der Waals surface area (Å²) < 4.78 is 4.72. The first kappa shape index (κ1) is 15.0. The zero-order valence-corrected chi connectivity index (χ0v) is 11.5. The molecule has 1 aromatic rings. The fraction of sp³-hybridized carbons (Fsp3) is 0.357. The SMILES string of the molecule is COC(=O)C1Cc2ccccc2N1C(=O)C(N)CC(=O)O. The van der Waals surface area contributed by atoms with Crippen molar-refractivity contribution in [2.45, 2.75) is 24.9 Å². The number of ether oxygens (including phenoxy) is 1. The smallest absolute Gasteiger partial charge is 0.329 e. The van der Waals surface area contributed by atoms with E-state index in [1.165, 1.54) is 12.0 Å². The average Bonchev–Trinajstić information content (AvgIpc) is 2.84. The maximum Gasteiger partial charge on any atom is 0.329 e. The normalized spacial score (nSPS) is 18.0. The number of benzene rings is 1. The number of hydrogen-bond donors (Lipinski definition) is 2. The Morgan fingerprint density at radius 3 is 2.71 bits per heavy atom. The second kappa shape index (κ2) is 5.92. The number of nitrogens with two attached hydrogens (primary N) is 1. The van der Waals surface area contributed by atoms with Crippen molar-refractivity contribution in [1.82, 2.24) is 0 Å². The van der Waals surface area contributed by atoms with Crippen molar-refractivity contribution >= 4 is 23.5 Å². The molecule has 0 saturated heterocycles. The van der Waals surface area contributed by atoms with Gasteiger partial charge in [-0.3, -0.25) is 14.5 Å². The lowest BCUT2D eigenvalue weighted by molar-refractivity contribution is -0.143. The first-order valence-electron chi connectivity index (χ1n) is 6.42. The molecule has 0 aliphatic carbocycles. The monoisotopic (exact) mass is 292 g/mol. The lowest BCUT2D eigenvalue weighted by Crippen LogP contribution is -2.51. The van der Waals surface area contributed by atoms with Crippen LogP contribution in [0.1, 0.15) is 12.0 Å². The van der Waals surface area contributed by atoms with E-state index in [2.05, 4.69) is 0 Å². The number of fused-ring (bicyclic) bond motifs is 1. The van der Waals surface area contributed by atoms with Crippen LogP contribution in [-0.4, -0.2) is 42.1 Å². The second-order valence-corrected chi connectivity index (χ2v) is 4.78. The van der Waals surface area contributed by atoms with E-state index in [9.17, 15) is 14.4 Å². The Morgan fingerprint density at radius 1 is 1.43 bits per heavy atom. The summed E-state index contributed by atoms with van der Waals surface area (Å²) in [7, 11) is 1.24. The number of para-hydroxylation sites is 1. The number of amides is 1. The van der Waals surface area contributed by atoms with Gasteiger partial charge in [0.1, 0.15) is 6.04 Å². The molecule has 1 aromatic carbocycles. The van der Waals surface area contributed by atoms with Gasteiger partial charge in [-0.2, -0.15) is 0 Å². The van der Waals surface area contributed by atoms with E-state index in [1.54, 1.807) is 24.3 Å². The number of nitrogens with zero attached hydrogens (tertiary/aromatic N) is 1. The first-order chi connectivity index (χ1) is 9.95. The van der Waals surface area contributed by atoms with E-state index in [0.717, 1.165) is 5.56 Å². The third kappa shape index (κ3) is 2.87.